The number of carbonyl (C=O) groups is 3. The van der Waals surface area contributed by atoms with Crippen LogP contribution in [0.1, 0.15) is 5.69 Å². The predicted molar refractivity (Wildman–Crippen MR) is 145 cm³/mol. The highest BCUT2D eigenvalue weighted by atomic mass is 35.5. The second-order valence-corrected chi connectivity index (χ2v) is 10.8. The molecule has 14 nitrogen and oxygen atoms in total. The summed E-state index contributed by atoms with van der Waals surface area (Å²) in [6.07, 6.45) is 0.000917. The lowest BCUT2D eigenvalue weighted by Gasteiger charge is -2.49. The van der Waals surface area contributed by atoms with E-state index in [-0.39, 0.29) is 48.3 Å². The number of halogens is 2. The van der Waals surface area contributed by atoms with Crippen LogP contribution in [0.4, 0.5) is 5.13 Å². The van der Waals surface area contributed by atoms with E-state index in [4.69, 9.17) is 5.73 Å². The first-order valence-corrected chi connectivity index (χ1v) is 13.1. The molecule has 2 aromatic rings. The predicted octanol–water partition coefficient (Wildman–Crippen LogP) is -0.634. The van der Waals surface area contributed by atoms with Crippen LogP contribution in [0.3, 0.4) is 0 Å². The summed E-state index contributed by atoms with van der Waals surface area (Å²) < 4.78 is 1.67. The van der Waals surface area contributed by atoms with Crippen molar-refractivity contribution in [3.63, 3.8) is 0 Å². The van der Waals surface area contributed by atoms with Gasteiger partial charge in [-0.15, -0.1) is 53.0 Å². The number of carbonyl (C=O) groups excluding carboxylic acids is 2. The molecular formula is C18H27Cl2N9O5S3. The molecule has 2 aromatic heterocycles. The standard InChI is InChI=1S/C18H23N9O4S3.2ClH.H2O/c1-25(2)3-4-26-18(22-23-24-26)34-7-9-6-32-15-12(14(29)27(15)13(9)16(30)31)21-11(28)5-10-8-33-17(19)20-10;;;/h8,12,15H,3-7H2,1-2H3,(H2,19,20)(H,21,28)(H,30,31);2*1H;1H2. The van der Waals surface area contributed by atoms with Gasteiger partial charge in [0.1, 0.15) is 17.1 Å². The lowest BCUT2D eigenvalue weighted by atomic mass is 10.0. The van der Waals surface area contributed by atoms with Crippen LogP contribution in [-0.4, -0.2) is 107 Å². The van der Waals surface area contributed by atoms with Crippen molar-refractivity contribution in [2.45, 2.75) is 29.5 Å². The number of amides is 2. The fraction of sp³-hybridized carbons (Fsp3) is 0.500. The van der Waals surface area contributed by atoms with E-state index in [0.29, 0.717) is 39.6 Å². The number of carboxylic acid groups (broad SMARTS) is 1. The Hall–Kier alpha value is -2.15. The van der Waals surface area contributed by atoms with Crippen LogP contribution in [-0.2, 0) is 27.3 Å². The molecule has 19 heteroatoms. The first-order chi connectivity index (χ1) is 16.2. The lowest BCUT2D eigenvalue weighted by Crippen LogP contribution is -2.70. The number of aliphatic carboxylic acids is 1. The molecule has 0 bridgehead atoms. The molecule has 0 aromatic carbocycles. The Labute approximate surface area is 236 Å². The molecule has 2 atom stereocenters. The van der Waals surface area contributed by atoms with Crippen LogP contribution >= 0.6 is 59.7 Å². The number of β-lactam (4-membered cyclic amide) rings is 1. The zero-order chi connectivity index (χ0) is 24.4. The molecule has 0 spiro atoms. The number of rotatable bonds is 10. The van der Waals surface area contributed by atoms with Gasteiger partial charge >= 0.3 is 5.97 Å². The van der Waals surface area contributed by atoms with Gasteiger partial charge in [0.15, 0.2) is 5.13 Å². The molecule has 0 saturated carbocycles. The van der Waals surface area contributed by atoms with Crippen molar-refractivity contribution < 1.29 is 25.0 Å². The van der Waals surface area contributed by atoms with Crippen molar-refractivity contribution in [2.75, 3.05) is 37.9 Å². The Balaban J connectivity index is 0.00000228. The van der Waals surface area contributed by atoms with Gasteiger partial charge in [-0.3, -0.25) is 14.5 Å². The van der Waals surface area contributed by atoms with E-state index in [0.717, 1.165) is 6.54 Å². The van der Waals surface area contributed by atoms with E-state index in [1.54, 1.807) is 10.1 Å². The fourth-order valence-corrected chi connectivity index (χ4v) is 6.42. The molecule has 1 fully saturated rings. The number of thiazole rings is 1. The minimum Gasteiger partial charge on any atom is -0.477 e. The van der Waals surface area contributed by atoms with Gasteiger partial charge in [-0.05, 0) is 30.1 Å². The molecule has 0 aliphatic carbocycles. The Bertz CT molecular complexity index is 1150. The van der Waals surface area contributed by atoms with Gasteiger partial charge in [0.2, 0.25) is 11.1 Å². The molecule has 6 N–H and O–H groups in total. The van der Waals surface area contributed by atoms with Gasteiger partial charge in [0.25, 0.3) is 5.91 Å². The number of carboxylic acids is 1. The third kappa shape index (κ3) is 7.46. The summed E-state index contributed by atoms with van der Waals surface area (Å²) in [7, 11) is 3.90. The second kappa shape index (κ2) is 14.1. The minimum atomic E-state index is -1.18. The third-order valence-corrected chi connectivity index (χ3v) is 8.22. The SMILES string of the molecule is CN(C)CCn1nnnc1SCC1=C(C(=O)O)N2C(=O)C(NC(=O)Cc3csc(N)n3)C2SC1.Cl.Cl.O. The monoisotopic (exact) mass is 615 g/mol. The second-order valence-electron chi connectivity index (χ2n) is 7.84. The van der Waals surface area contributed by atoms with Gasteiger partial charge in [0, 0.05) is 23.4 Å². The molecular weight excluding hydrogens is 589 g/mol. The topological polar surface area (TPSA) is 204 Å². The van der Waals surface area contributed by atoms with Crippen molar-refractivity contribution in [1.82, 2.24) is 40.3 Å². The van der Waals surface area contributed by atoms with Gasteiger partial charge in [-0.1, -0.05) is 11.8 Å². The molecule has 37 heavy (non-hydrogen) atoms. The summed E-state index contributed by atoms with van der Waals surface area (Å²) >= 11 is 3.98. The van der Waals surface area contributed by atoms with Crippen LogP contribution < -0.4 is 11.1 Å². The summed E-state index contributed by atoms with van der Waals surface area (Å²) in [5.74, 6) is -1.24. The number of hydrogen-bond donors (Lipinski definition) is 3. The van der Waals surface area contributed by atoms with Gasteiger partial charge in [-0.25, -0.2) is 14.5 Å². The molecule has 2 aliphatic heterocycles. The minimum absolute atomic E-state index is 0. The number of hydrogen-bond acceptors (Lipinski definition) is 12. The number of aromatic nitrogens is 5. The number of thioether (sulfide) groups is 2. The largest absolute Gasteiger partial charge is 0.477 e. The molecule has 2 aliphatic rings. The average molecular weight is 617 g/mol. The Morgan fingerprint density at radius 1 is 1.35 bits per heavy atom. The summed E-state index contributed by atoms with van der Waals surface area (Å²) in [5, 5.41) is 26.4. The number of nitrogens with two attached hydrogens (primary N) is 1. The first-order valence-electron chi connectivity index (χ1n) is 10.2. The lowest BCUT2D eigenvalue weighted by molar-refractivity contribution is -0.150. The van der Waals surface area contributed by atoms with Gasteiger partial charge in [0.05, 0.1) is 18.7 Å². The highest BCUT2D eigenvalue weighted by Gasteiger charge is 2.54. The quantitative estimate of drug-likeness (QED) is 0.225. The summed E-state index contributed by atoms with van der Waals surface area (Å²) in [6.45, 7) is 1.36. The fourth-order valence-electron chi connectivity index (χ4n) is 3.47. The number of nitrogens with zero attached hydrogens (tertiary/aromatic N) is 7. The van der Waals surface area contributed by atoms with Gasteiger partial charge < -0.3 is 26.5 Å². The zero-order valence-electron chi connectivity index (χ0n) is 19.7. The van der Waals surface area contributed by atoms with E-state index < -0.39 is 23.3 Å². The van der Waals surface area contributed by atoms with Crippen molar-refractivity contribution in [2.24, 2.45) is 0 Å². The number of anilines is 1. The molecule has 4 heterocycles. The van der Waals surface area contributed by atoms with Crippen molar-refractivity contribution in [1.29, 1.82) is 0 Å². The normalized spacial score (nSPS) is 18.2. The Morgan fingerprint density at radius 2 is 2.08 bits per heavy atom. The molecule has 2 amide bonds. The van der Waals surface area contributed by atoms with Gasteiger partial charge in [-0.2, -0.15) is 0 Å². The molecule has 206 valence electrons. The van der Waals surface area contributed by atoms with E-state index in [9.17, 15) is 19.5 Å². The third-order valence-electron chi connectivity index (χ3n) is 5.11. The summed E-state index contributed by atoms with van der Waals surface area (Å²) in [6, 6.07) is -0.782. The van der Waals surface area contributed by atoms with Crippen LogP contribution in [0.5, 0.6) is 0 Å². The molecule has 2 unspecified atom stereocenters. The Kier molecular flexibility index (Phi) is 12.6. The maximum atomic E-state index is 12.8. The van der Waals surface area contributed by atoms with E-state index in [1.165, 1.54) is 39.8 Å². The van der Waals surface area contributed by atoms with Crippen LogP contribution in [0.2, 0.25) is 0 Å². The average Bonchev–Trinajstić information content (AvgIpc) is 3.41. The Morgan fingerprint density at radius 3 is 2.70 bits per heavy atom. The number of tetrazole rings is 1. The van der Waals surface area contributed by atoms with Crippen LogP contribution in [0.25, 0.3) is 0 Å². The smallest absolute Gasteiger partial charge is 0.352 e. The van der Waals surface area contributed by atoms with Crippen molar-refractivity contribution >= 4 is 82.6 Å². The molecule has 1 saturated heterocycles. The first kappa shape index (κ1) is 32.9. The van der Waals surface area contributed by atoms with Crippen LogP contribution in [0.15, 0.2) is 21.8 Å². The highest BCUT2D eigenvalue weighted by molar-refractivity contribution is 8.01. The molecule has 0 radical (unpaired) electrons. The maximum Gasteiger partial charge on any atom is 0.352 e. The number of nitrogen functional groups attached to an aromatic ring is 1. The zero-order valence-corrected chi connectivity index (χ0v) is 23.8. The molecule has 4 rings (SSSR count). The maximum absolute atomic E-state index is 12.8. The highest BCUT2D eigenvalue weighted by Crippen LogP contribution is 2.41. The van der Waals surface area contributed by atoms with Crippen molar-refractivity contribution in [3.05, 3.63) is 22.3 Å². The van der Waals surface area contributed by atoms with E-state index >= 15 is 0 Å². The number of nitrogens with one attached hydrogen (secondary N) is 1. The summed E-state index contributed by atoms with van der Waals surface area (Å²) in [5.41, 5.74) is 6.68. The van der Waals surface area contributed by atoms with E-state index in [1.807, 2.05) is 19.0 Å². The number of fused-ring (bicyclic) bond motifs is 1. The van der Waals surface area contributed by atoms with Crippen molar-refractivity contribution in [3.8, 4) is 0 Å². The number of likely N-dealkylation sites (N-methyl/N-ethyl adjacent to an activating group) is 1. The van der Waals surface area contributed by atoms with Crippen LogP contribution in [0, 0.1) is 0 Å². The summed E-state index contributed by atoms with van der Waals surface area (Å²) in [4.78, 5) is 44.5. The van der Waals surface area contributed by atoms with E-state index in [2.05, 4.69) is 25.8 Å².